The van der Waals surface area contributed by atoms with Crippen LogP contribution in [0.25, 0.3) is 10.8 Å². The van der Waals surface area contributed by atoms with E-state index in [1.165, 1.54) is 6.07 Å². The summed E-state index contributed by atoms with van der Waals surface area (Å²) in [6, 6.07) is 13.8. The first kappa shape index (κ1) is 18.7. The maximum absolute atomic E-state index is 12.8. The molecule has 3 aromatic carbocycles. The average Bonchev–Trinajstić information content (AvgIpc) is 2.59. The van der Waals surface area contributed by atoms with E-state index in [2.05, 4.69) is 0 Å². The molecule has 1 aliphatic rings. The number of carboxylic acids is 1. The maximum atomic E-state index is 12.8. The van der Waals surface area contributed by atoms with Crippen LogP contribution < -0.4 is 61.4 Å². The molecule has 0 saturated carbocycles. The largest absolute Gasteiger partial charge is 1.00 e. The molecule has 0 aromatic heterocycles. The summed E-state index contributed by atoms with van der Waals surface area (Å²) in [6.07, 6.45) is 0. The summed E-state index contributed by atoms with van der Waals surface area (Å²) in [4.78, 5) is 37.5. The molecule has 0 spiro atoms. The van der Waals surface area contributed by atoms with Gasteiger partial charge in [-0.05, 0) is 29.7 Å². The van der Waals surface area contributed by atoms with E-state index in [0.717, 1.165) is 22.4 Å². The second-order valence-electron chi connectivity index (χ2n) is 5.64. The molecule has 1 heterocycles. The summed E-state index contributed by atoms with van der Waals surface area (Å²) in [5, 5.41) is 22.1. The van der Waals surface area contributed by atoms with E-state index in [1.54, 1.807) is 24.3 Å². The second-order valence-corrected chi connectivity index (χ2v) is 5.64. The molecule has 7 heteroatoms. The van der Waals surface area contributed by atoms with E-state index in [4.69, 9.17) is 0 Å². The van der Waals surface area contributed by atoms with Gasteiger partial charge in [-0.1, -0.05) is 24.3 Å². The van der Waals surface area contributed by atoms with Crippen molar-refractivity contribution in [2.75, 3.05) is 4.90 Å². The fourth-order valence-electron chi connectivity index (χ4n) is 3.10. The fraction of sp³-hybridized carbons (Fsp3) is 0. The van der Waals surface area contributed by atoms with E-state index in [9.17, 15) is 24.6 Å². The molecule has 0 fully saturated rings. The van der Waals surface area contributed by atoms with E-state index in [-0.39, 0.29) is 57.1 Å². The van der Waals surface area contributed by atoms with E-state index >= 15 is 0 Å². The number of anilines is 1. The molecule has 0 radical (unpaired) electrons. The van der Waals surface area contributed by atoms with E-state index in [0.29, 0.717) is 16.5 Å². The summed E-state index contributed by atoms with van der Waals surface area (Å²) >= 11 is 0. The Labute approximate surface area is 190 Å². The molecule has 0 aliphatic carbocycles. The SMILES string of the molecule is O=C([O-])c1ccc(N2C(=O)c3cccc4cccc(c34)C2=O)cc1O.[K+]. The molecule has 6 nitrogen and oxygen atoms in total. The number of hydrogen-bond donors (Lipinski definition) is 1. The van der Waals surface area contributed by atoms with Crippen LogP contribution in [-0.4, -0.2) is 22.9 Å². The van der Waals surface area contributed by atoms with Gasteiger partial charge in [0.25, 0.3) is 11.8 Å². The van der Waals surface area contributed by atoms with Crippen LogP contribution in [0, 0.1) is 0 Å². The third-order valence-corrected chi connectivity index (χ3v) is 4.23. The molecule has 0 unspecified atom stereocenters. The third kappa shape index (κ3) is 2.78. The molecule has 1 aliphatic heterocycles. The number of rotatable bonds is 2. The van der Waals surface area contributed by atoms with Gasteiger partial charge >= 0.3 is 51.4 Å². The first-order valence-corrected chi connectivity index (χ1v) is 7.44. The van der Waals surface area contributed by atoms with Crippen LogP contribution in [0.3, 0.4) is 0 Å². The molecular weight excluding hydrogens is 361 g/mol. The minimum Gasteiger partial charge on any atom is -0.545 e. The Morgan fingerprint density at radius 3 is 2.00 bits per heavy atom. The standard InChI is InChI=1S/C19H11NO5.K/c21-15-9-11(7-8-12(15)19(24)25)20-17(22)13-5-1-3-10-4-2-6-14(16(10)13)18(20)23;/h1-9,21H,(H,24,25);/q;+1/p-1. The Morgan fingerprint density at radius 1 is 0.923 bits per heavy atom. The predicted molar refractivity (Wildman–Crippen MR) is 87.5 cm³/mol. The second kappa shape index (κ2) is 6.94. The number of benzene rings is 3. The normalized spacial score (nSPS) is 12.8. The van der Waals surface area contributed by atoms with Gasteiger partial charge in [0.2, 0.25) is 0 Å². The molecule has 4 rings (SSSR count). The molecule has 0 saturated heterocycles. The number of aromatic carboxylic acids is 1. The Bertz CT molecular complexity index is 1040. The van der Waals surface area contributed by atoms with Crippen LogP contribution in [-0.2, 0) is 0 Å². The van der Waals surface area contributed by atoms with E-state index in [1.807, 2.05) is 12.1 Å². The van der Waals surface area contributed by atoms with Gasteiger partial charge in [0.05, 0.1) is 11.7 Å². The molecular formula is C19H10KNO5. The van der Waals surface area contributed by atoms with Crippen molar-refractivity contribution in [3.05, 3.63) is 71.3 Å². The van der Waals surface area contributed by atoms with Gasteiger partial charge < -0.3 is 15.0 Å². The molecule has 122 valence electrons. The Kier molecular flexibility index (Phi) is 5.00. The van der Waals surface area contributed by atoms with Crippen molar-refractivity contribution < 1.29 is 76.0 Å². The van der Waals surface area contributed by atoms with Crippen LogP contribution >= 0.6 is 0 Å². The topological polar surface area (TPSA) is 97.7 Å². The molecule has 0 atom stereocenters. The van der Waals surface area contributed by atoms with Gasteiger partial charge in [0.15, 0.2) is 0 Å². The third-order valence-electron chi connectivity index (χ3n) is 4.23. The minimum atomic E-state index is -1.55. The van der Waals surface area contributed by atoms with Crippen LogP contribution in [0.2, 0.25) is 0 Å². The predicted octanol–water partition coefficient (Wildman–Crippen LogP) is -1.29. The van der Waals surface area contributed by atoms with Crippen molar-refractivity contribution in [2.45, 2.75) is 0 Å². The Morgan fingerprint density at radius 2 is 1.50 bits per heavy atom. The number of aromatic hydroxyl groups is 1. The van der Waals surface area contributed by atoms with Crippen molar-refractivity contribution in [2.24, 2.45) is 0 Å². The smallest absolute Gasteiger partial charge is 0.545 e. The van der Waals surface area contributed by atoms with E-state index < -0.39 is 29.1 Å². The summed E-state index contributed by atoms with van der Waals surface area (Å²) in [5.41, 5.74) is 0.416. The van der Waals surface area contributed by atoms with Crippen molar-refractivity contribution in [3.63, 3.8) is 0 Å². The fourth-order valence-corrected chi connectivity index (χ4v) is 3.10. The zero-order valence-electron chi connectivity index (χ0n) is 13.7. The van der Waals surface area contributed by atoms with Gasteiger partial charge in [0, 0.05) is 28.1 Å². The number of carbonyl (C=O) groups excluding carboxylic acids is 3. The number of phenols is 1. The van der Waals surface area contributed by atoms with Gasteiger partial charge in [0.1, 0.15) is 5.75 Å². The minimum absolute atomic E-state index is 0. The number of hydrogen-bond acceptors (Lipinski definition) is 5. The van der Waals surface area contributed by atoms with Crippen molar-refractivity contribution in [3.8, 4) is 5.75 Å². The van der Waals surface area contributed by atoms with Crippen LogP contribution in [0.15, 0.2) is 54.6 Å². The molecule has 1 N–H and O–H groups in total. The molecule has 3 aromatic rings. The zero-order valence-corrected chi connectivity index (χ0v) is 16.8. The first-order valence-electron chi connectivity index (χ1n) is 7.44. The van der Waals surface area contributed by atoms with Gasteiger partial charge in [-0.15, -0.1) is 0 Å². The monoisotopic (exact) mass is 371 g/mol. The number of carboxylic acid groups (broad SMARTS) is 1. The summed E-state index contributed by atoms with van der Waals surface area (Å²) in [5.74, 6) is -3.18. The zero-order chi connectivity index (χ0) is 17.7. The quantitative estimate of drug-likeness (QED) is 0.447. The van der Waals surface area contributed by atoms with Crippen LogP contribution in [0.5, 0.6) is 5.75 Å². The van der Waals surface area contributed by atoms with Crippen LogP contribution in [0.4, 0.5) is 5.69 Å². The first-order chi connectivity index (χ1) is 12.0. The van der Waals surface area contributed by atoms with Crippen molar-refractivity contribution in [1.29, 1.82) is 0 Å². The van der Waals surface area contributed by atoms with Crippen molar-refractivity contribution >= 4 is 34.2 Å². The van der Waals surface area contributed by atoms with Crippen LogP contribution in [0.1, 0.15) is 31.1 Å². The molecule has 26 heavy (non-hydrogen) atoms. The maximum Gasteiger partial charge on any atom is 1.00 e. The summed E-state index contributed by atoms with van der Waals surface area (Å²) in [7, 11) is 0. The number of amides is 2. The molecule has 2 amide bonds. The van der Waals surface area contributed by atoms with Gasteiger partial charge in [-0.2, -0.15) is 0 Å². The molecule has 0 bridgehead atoms. The summed E-state index contributed by atoms with van der Waals surface area (Å²) < 4.78 is 0. The Balaban J connectivity index is 0.00000196. The average molecular weight is 371 g/mol. The summed E-state index contributed by atoms with van der Waals surface area (Å²) in [6.45, 7) is 0. The van der Waals surface area contributed by atoms with Gasteiger partial charge in [-0.25, -0.2) is 4.90 Å². The van der Waals surface area contributed by atoms with Crippen molar-refractivity contribution in [1.82, 2.24) is 0 Å². The Hall–Kier alpha value is -2.03. The number of imide groups is 1. The van der Waals surface area contributed by atoms with Gasteiger partial charge in [-0.3, -0.25) is 9.59 Å². The number of carbonyl (C=O) groups is 3. The number of nitrogens with zero attached hydrogens (tertiary/aromatic N) is 1.